The summed E-state index contributed by atoms with van der Waals surface area (Å²) in [5, 5.41) is 3.54. The summed E-state index contributed by atoms with van der Waals surface area (Å²) in [6.45, 7) is 5.96. The van der Waals surface area contributed by atoms with Crippen LogP contribution < -0.4 is 5.32 Å². The highest BCUT2D eigenvalue weighted by Crippen LogP contribution is 2.20. The Morgan fingerprint density at radius 1 is 0.793 bits per heavy atom. The first-order valence-corrected chi connectivity index (χ1v) is 11.2. The lowest BCUT2D eigenvalue weighted by molar-refractivity contribution is -0.134. The zero-order valence-corrected chi connectivity index (χ0v) is 17.4. The van der Waals surface area contributed by atoms with Crippen molar-refractivity contribution in [3.63, 3.8) is 0 Å². The first-order chi connectivity index (χ1) is 14.3. The van der Waals surface area contributed by atoms with Crippen molar-refractivity contribution < 1.29 is 4.79 Å². The van der Waals surface area contributed by atoms with Crippen LogP contribution >= 0.6 is 0 Å². The number of rotatable bonds is 7. The minimum Gasteiger partial charge on any atom is -0.341 e. The zero-order chi connectivity index (χ0) is 19.9. The molecule has 1 amide bonds. The van der Waals surface area contributed by atoms with Gasteiger partial charge in [0.1, 0.15) is 6.04 Å². The SMILES string of the molecule is O=C(C(NCc1ccc(CN2CCCC2)cc1)c1ccccc1)N1CCCCC1. The van der Waals surface area contributed by atoms with E-state index in [1.165, 1.54) is 43.5 Å². The number of benzene rings is 2. The van der Waals surface area contributed by atoms with Crippen LogP contribution in [0, 0.1) is 0 Å². The van der Waals surface area contributed by atoms with Crippen molar-refractivity contribution in [2.45, 2.75) is 51.2 Å². The molecule has 29 heavy (non-hydrogen) atoms. The van der Waals surface area contributed by atoms with Crippen LogP contribution in [0.2, 0.25) is 0 Å². The highest BCUT2D eigenvalue weighted by atomic mass is 16.2. The molecular weight excluding hydrogens is 358 g/mol. The third kappa shape index (κ3) is 5.46. The van der Waals surface area contributed by atoms with Gasteiger partial charge in [-0.1, -0.05) is 54.6 Å². The van der Waals surface area contributed by atoms with Crippen molar-refractivity contribution in [2.75, 3.05) is 26.2 Å². The van der Waals surface area contributed by atoms with Gasteiger partial charge in [0, 0.05) is 26.2 Å². The van der Waals surface area contributed by atoms with Gasteiger partial charge in [0.15, 0.2) is 0 Å². The van der Waals surface area contributed by atoms with Crippen LogP contribution in [0.5, 0.6) is 0 Å². The molecule has 2 aromatic rings. The maximum atomic E-state index is 13.2. The summed E-state index contributed by atoms with van der Waals surface area (Å²) in [5.41, 5.74) is 3.65. The molecule has 2 heterocycles. The van der Waals surface area contributed by atoms with E-state index in [4.69, 9.17) is 0 Å². The monoisotopic (exact) mass is 391 g/mol. The van der Waals surface area contributed by atoms with Gasteiger partial charge in [-0.2, -0.15) is 0 Å². The predicted octanol–water partition coefficient (Wildman–Crippen LogP) is 4.13. The first-order valence-electron chi connectivity index (χ1n) is 11.2. The number of hydrogen-bond acceptors (Lipinski definition) is 3. The number of nitrogens with one attached hydrogen (secondary N) is 1. The molecule has 0 saturated carbocycles. The highest BCUT2D eigenvalue weighted by Gasteiger charge is 2.26. The minimum atomic E-state index is -0.279. The molecule has 0 aromatic heterocycles. The summed E-state index contributed by atoms with van der Waals surface area (Å²) in [4.78, 5) is 17.8. The van der Waals surface area contributed by atoms with Gasteiger partial charge in [-0.05, 0) is 61.9 Å². The van der Waals surface area contributed by atoms with Crippen molar-refractivity contribution in [3.05, 3.63) is 71.3 Å². The van der Waals surface area contributed by atoms with E-state index in [2.05, 4.69) is 46.6 Å². The maximum absolute atomic E-state index is 13.2. The lowest BCUT2D eigenvalue weighted by Gasteiger charge is -2.31. The van der Waals surface area contributed by atoms with E-state index in [1.54, 1.807) is 0 Å². The predicted molar refractivity (Wildman–Crippen MR) is 117 cm³/mol. The Morgan fingerprint density at radius 3 is 2.10 bits per heavy atom. The number of likely N-dealkylation sites (tertiary alicyclic amines) is 2. The van der Waals surface area contributed by atoms with Gasteiger partial charge >= 0.3 is 0 Å². The third-order valence-electron chi connectivity index (χ3n) is 6.19. The van der Waals surface area contributed by atoms with Crippen LogP contribution in [0.1, 0.15) is 54.8 Å². The topological polar surface area (TPSA) is 35.6 Å². The summed E-state index contributed by atoms with van der Waals surface area (Å²) < 4.78 is 0. The largest absolute Gasteiger partial charge is 0.341 e. The van der Waals surface area contributed by atoms with Gasteiger partial charge in [-0.3, -0.25) is 15.0 Å². The molecule has 1 atom stereocenters. The Hall–Kier alpha value is -2.17. The molecule has 2 aliphatic heterocycles. The summed E-state index contributed by atoms with van der Waals surface area (Å²) in [7, 11) is 0. The number of carbonyl (C=O) groups is 1. The fourth-order valence-corrected chi connectivity index (χ4v) is 4.47. The van der Waals surface area contributed by atoms with Gasteiger partial charge in [-0.15, -0.1) is 0 Å². The van der Waals surface area contributed by atoms with E-state index in [9.17, 15) is 4.79 Å². The number of amides is 1. The second kappa shape index (κ2) is 10.0. The summed E-state index contributed by atoms with van der Waals surface area (Å²) in [5.74, 6) is 0.210. The molecule has 0 spiro atoms. The molecule has 2 aliphatic rings. The Kier molecular flexibility index (Phi) is 6.96. The van der Waals surface area contributed by atoms with Gasteiger partial charge in [0.25, 0.3) is 0 Å². The molecule has 4 heteroatoms. The Morgan fingerprint density at radius 2 is 1.41 bits per heavy atom. The lowest BCUT2D eigenvalue weighted by Crippen LogP contribution is -2.43. The third-order valence-corrected chi connectivity index (χ3v) is 6.19. The quantitative estimate of drug-likeness (QED) is 0.771. The second-order valence-electron chi connectivity index (χ2n) is 8.41. The number of hydrogen-bond donors (Lipinski definition) is 1. The van der Waals surface area contributed by atoms with Gasteiger partial charge in [0.2, 0.25) is 5.91 Å². The molecule has 2 saturated heterocycles. The van der Waals surface area contributed by atoms with Crippen LogP contribution in [0.25, 0.3) is 0 Å². The van der Waals surface area contributed by atoms with E-state index < -0.39 is 0 Å². The van der Waals surface area contributed by atoms with Crippen molar-refractivity contribution in [2.24, 2.45) is 0 Å². The summed E-state index contributed by atoms with van der Waals surface area (Å²) in [6, 6.07) is 18.7. The van der Waals surface area contributed by atoms with Crippen LogP contribution in [-0.4, -0.2) is 41.9 Å². The van der Waals surface area contributed by atoms with Crippen molar-refractivity contribution in [3.8, 4) is 0 Å². The van der Waals surface area contributed by atoms with Crippen LogP contribution in [0.15, 0.2) is 54.6 Å². The number of nitrogens with zero attached hydrogens (tertiary/aromatic N) is 2. The standard InChI is InChI=1S/C25H33N3O/c29-25(28-17-5-2-6-18-28)24(23-9-3-1-4-10-23)26-19-21-11-13-22(14-12-21)20-27-15-7-8-16-27/h1,3-4,9-14,24,26H,2,5-8,15-20H2. The fourth-order valence-electron chi connectivity index (χ4n) is 4.47. The molecule has 1 unspecified atom stereocenters. The molecule has 0 bridgehead atoms. The molecule has 2 fully saturated rings. The zero-order valence-electron chi connectivity index (χ0n) is 17.4. The number of piperidine rings is 1. The average molecular weight is 392 g/mol. The van der Waals surface area contributed by atoms with Crippen LogP contribution in [0.4, 0.5) is 0 Å². The first kappa shape index (κ1) is 20.1. The molecular formula is C25H33N3O. The lowest BCUT2D eigenvalue weighted by atomic mass is 10.0. The smallest absolute Gasteiger partial charge is 0.244 e. The van der Waals surface area contributed by atoms with Crippen molar-refractivity contribution in [1.29, 1.82) is 0 Å². The van der Waals surface area contributed by atoms with E-state index in [1.807, 2.05) is 23.1 Å². The van der Waals surface area contributed by atoms with E-state index in [0.717, 1.165) is 38.0 Å². The Bertz CT molecular complexity index is 762. The number of carbonyl (C=O) groups excluding carboxylic acids is 1. The van der Waals surface area contributed by atoms with E-state index in [0.29, 0.717) is 6.54 Å². The Labute approximate surface area is 174 Å². The van der Waals surface area contributed by atoms with Crippen molar-refractivity contribution in [1.82, 2.24) is 15.1 Å². The van der Waals surface area contributed by atoms with Gasteiger partial charge in [0.05, 0.1) is 0 Å². The fraction of sp³-hybridized carbons (Fsp3) is 0.480. The molecule has 1 N–H and O–H groups in total. The molecule has 2 aromatic carbocycles. The molecule has 0 radical (unpaired) electrons. The van der Waals surface area contributed by atoms with Crippen molar-refractivity contribution >= 4 is 5.91 Å². The van der Waals surface area contributed by atoms with Gasteiger partial charge < -0.3 is 4.90 Å². The van der Waals surface area contributed by atoms with E-state index >= 15 is 0 Å². The van der Waals surface area contributed by atoms with Gasteiger partial charge in [-0.25, -0.2) is 0 Å². The van der Waals surface area contributed by atoms with Crippen LogP contribution in [0.3, 0.4) is 0 Å². The second-order valence-corrected chi connectivity index (χ2v) is 8.41. The summed E-state index contributed by atoms with van der Waals surface area (Å²) in [6.07, 6.45) is 6.12. The molecule has 0 aliphatic carbocycles. The highest BCUT2D eigenvalue weighted by molar-refractivity contribution is 5.83. The molecule has 4 rings (SSSR count). The summed E-state index contributed by atoms with van der Waals surface area (Å²) >= 11 is 0. The van der Waals surface area contributed by atoms with E-state index in [-0.39, 0.29) is 11.9 Å². The molecule has 154 valence electrons. The van der Waals surface area contributed by atoms with Crippen LogP contribution in [-0.2, 0) is 17.9 Å². The molecule has 4 nitrogen and oxygen atoms in total. The normalized spacial score (nSPS) is 18.7. The Balaban J connectivity index is 1.40. The minimum absolute atomic E-state index is 0.210. The maximum Gasteiger partial charge on any atom is 0.244 e. The average Bonchev–Trinajstić information content (AvgIpc) is 3.29.